The number of benzene rings is 1. The second-order valence-electron chi connectivity index (χ2n) is 5.02. The van der Waals surface area contributed by atoms with E-state index in [4.69, 9.17) is 0 Å². The molecule has 1 fully saturated rings. The van der Waals surface area contributed by atoms with E-state index >= 15 is 0 Å². The van der Waals surface area contributed by atoms with Crippen LogP contribution in [0.4, 0.5) is 0 Å². The monoisotopic (exact) mass is 292 g/mol. The number of nitro groups is 1. The van der Waals surface area contributed by atoms with E-state index < -0.39 is 10.7 Å². The van der Waals surface area contributed by atoms with Crippen LogP contribution in [0.3, 0.4) is 0 Å². The van der Waals surface area contributed by atoms with Crippen LogP contribution in [0.25, 0.3) is 0 Å². The Morgan fingerprint density at radius 2 is 1.86 bits per heavy atom. The Morgan fingerprint density at radius 3 is 2.48 bits per heavy atom. The van der Waals surface area contributed by atoms with Crippen LogP contribution < -0.4 is 5.32 Å². The summed E-state index contributed by atoms with van der Waals surface area (Å²) in [5.74, 6) is -0.514. The third kappa shape index (κ3) is 4.13. The first-order valence-electron chi connectivity index (χ1n) is 6.82. The second kappa shape index (κ2) is 7.54. The summed E-state index contributed by atoms with van der Waals surface area (Å²) < 4.78 is 0. The van der Waals surface area contributed by atoms with E-state index in [1.165, 1.54) is 0 Å². The van der Waals surface area contributed by atoms with Crippen molar-refractivity contribution in [3.8, 4) is 0 Å². The molecule has 0 saturated carbocycles. The van der Waals surface area contributed by atoms with E-state index in [9.17, 15) is 14.9 Å². The van der Waals surface area contributed by atoms with Crippen molar-refractivity contribution in [1.82, 2.24) is 5.32 Å². The Labute approximate surface area is 123 Å². The number of nitrogens with one attached hydrogen (secondary N) is 1. The average Bonchev–Trinajstić information content (AvgIpc) is 2.68. The maximum atomic E-state index is 12.4. The zero-order valence-corrected chi connectivity index (χ0v) is 12.0. The molecule has 0 aliphatic carbocycles. The van der Waals surface area contributed by atoms with Gasteiger partial charge >= 0.3 is 5.70 Å². The topological polar surface area (TPSA) is 104 Å². The maximum Gasteiger partial charge on any atom is 0.335 e. The van der Waals surface area contributed by atoms with Gasteiger partial charge in [0.1, 0.15) is 0 Å². The molecule has 1 aliphatic rings. The number of hydrogen-bond acceptors (Lipinski definition) is 4. The zero-order valence-electron chi connectivity index (χ0n) is 12.0. The van der Waals surface area contributed by atoms with Crippen LogP contribution in [0.5, 0.6) is 0 Å². The Balaban J connectivity index is 0.00000220. The van der Waals surface area contributed by atoms with Gasteiger partial charge in [-0.1, -0.05) is 36.2 Å². The van der Waals surface area contributed by atoms with Gasteiger partial charge in [0.05, 0.1) is 10.6 Å². The van der Waals surface area contributed by atoms with E-state index in [0.29, 0.717) is 24.2 Å². The molecule has 0 unspecified atom stereocenters. The molecule has 0 atom stereocenters. The quantitative estimate of drug-likeness (QED) is 0.398. The smallest absolute Gasteiger partial charge is 0.335 e. The maximum absolute atomic E-state index is 12.4. The van der Waals surface area contributed by atoms with Gasteiger partial charge in [-0.25, -0.2) is 0 Å². The highest BCUT2D eigenvalue weighted by Crippen LogP contribution is 2.19. The molecule has 3 N–H and O–H groups in total. The van der Waals surface area contributed by atoms with Gasteiger partial charge in [-0.15, -0.1) is 0 Å². The predicted octanol–water partition coefficient (Wildman–Crippen LogP) is 2.00. The van der Waals surface area contributed by atoms with E-state index in [0.717, 1.165) is 24.8 Å². The van der Waals surface area contributed by atoms with Gasteiger partial charge in [0.2, 0.25) is 0 Å². The third-order valence-corrected chi connectivity index (χ3v) is 3.44. The molecule has 0 spiro atoms. The van der Waals surface area contributed by atoms with Gasteiger partial charge in [-0.2, -0.15) is 0 Å². The van der Waals surface area contributed by atoms with Crippen LogP contribution >= 0.6 is 0 Å². The van der Waals surface area contributed by atoms with Crippen molar-refractivity contribution in [2.75, 3.05) is 6.54 Å². The normalized spacial score (nSPS) is 17.0. The summed E-state index contributed by atoms with van der Waals surface area (Å²) in [5.41, 5.74) is 1.54. The fraction of sp³-hybridized carbons (Fsp3) is 0.400. The summed E-state index contributed by atoms with van der Waals surface area (Å²) in [7, 11) is 0. The van der Waals surface area contributed by atoms with Crippen molar-refractivity contribution in [3.05, 3.63) is 56.9 Å². The largest absolute Gasteiger partial charge is 0.412 e. The fourth-order valence-corrected chi connectivity index (χ4v) is 2.31. The lowest BCUT2D eigenvalue weighted by molar-refractivity contribution is -0.418. The zero-order chi connectivity index (χ0) is 14.5. The lowest BCUT2D eigenvalue weighted by atomic mass is 10.0. The van der Waals surface area contributed by atoms with Gasteiger partial charge in [0.25, 0.3) is 5.78 Å². The van der Waals surface area contributed by atoms with Crippen molar-refractivity contribution in [2.24, 2.45) is 0 Å². The Kier molecular flexibility index (Phi) is 6.05. The predicted molar refractivity (Wildman–Crippen MR) is 79.6 cm³/mol. The first-order chi connectivity index (χ1) is 9.59. The molecular formula is C15H20N2O4. The molecule has 2 rings (SSSR count). The molecule has 1 aliphatic heterocycles. The van der Waals surface area contributed by atoms with Crippen LogP contribution in [-0.2, 0) is 0 Å². The molecule has 1 saturated heterocycles. The lowest BCUT2D eigenvalue weighted by Crippen LogP contribution is -2.22. The van der Waals surface area contributed by atoms with Crippen LogP contribution in [0.15, 0.2) is 35.7 Å². The molecule has 1 heterocycles. The van der Waals surface area contributed by atoms with E-state index in [1.807, 2.05) is 6.92 Å². The summed E-state index contributed by atoms with van der Waals surface area (Å²) in [6.07, 6.45) is 3.45. The molecule has 1 aromatic rings. The van der Waals surface area contributed by atoms with Crippen LogP contribution in [0.1, 0.15) is 41.6 Å². The highest BCUT2D eigenvalue weighted by atomic mass is 16.6. The second-order valence-corrected chi connectivity index (χ2v) is 5.02. The van der Waals surface area contributed by atoms with Crippen molar-refractivity contribution in [2.45, 2.75) is 32.6 Å². The number of hydrogen-bond donors (Lipinski definition) is 1. The minimum Gasteiger partial charge on any atom is -0.412 e. The summed E-state index contributed by atoms with van der Waals surface area (Å²) >= 11 is 0. The van der Waals surface area contributed by atoms with Crippen LogP contribution in [0, 0.1) is 17.0 Å². The van der Waals surface area contributed by atoms with Gasteiger partial charge in [-0.3, -0.25) is 14.9 Å². The number of aryl methyl sites for hydroxylation is 1. The average molecular weight is 292 g/mol. The van der Waals surface area contributed by atoms with E-state index in [2.05, 4.69) is 5.32 Å². The fourth-order valence-electron chi connectivity index (χ4n) is 2.31. The summed E-state index contributed by atoms with van der Waals surface area (Å²) in [5, 5.41) is 14.3. The Bertz CT molecular complexity index is 539. The van der Waals surface area contributed by atoms with Gasteiger partial charge in [-0.05, 0) is 26.2 Å². The number of carbonyl (C=O) groups excluding carboxylic acids is 1. The Morgan fingerprint density at radius 1 is 1.19 bits per heavy atom. The van der Waals surface area contributed by atoms with Gasteiger partial charge < -0.3 is 10.8 Å². The van der Waals surface area contributed by atoms with E-state index in [-0.39, 0.29) is 11.2 Å². The van der Waals surface area contributed by atoms with E-state index in [1.54, 1.807) is 24.3 Å². The molecule has 0 amide bonds. The minimum atomic E-state index is -0.560. The third-order valence-electron chi connectivity index (χ3n) is 3.44. The molecule has 6 nitrogen and oxygen atoms in total. The van der Waals surface area contributed by atoms with Crippen LogP contribution in [0.2, 0.25) is 0 Å². The molecule has 114 valence electrons. The summed E-state index contributed by atoms with van der Waals surface area (Å²) in [6, 6.07) is 6.85. The number of nitrogens with zero attached hydrogens (tertiary/aromatic N) is 1. The number of rotatable bonds is 3. The molecular weight excluding hydrogens is 272 g/mol. The van der Waals surface area contributed by atoms with Crippen LogP contribution in [-0.4, -0.2) is 22.7 Å². The highest BCUT2D eigenvalue weighted by molar-refractivity contribution is 6.07. The van der Waals surface area contributed by atoms with Gasteiger partial charge in [0, 0.05) is 12.1 Å². The highest BCUT2D eigenvalue weighted by Gasteiger charge is 2.28. The Hall–Kier alpha value is -2.21. The first kappa shape index (κ1) is 16.8. The molecule has 1 aromatic carbocycles. The first-order valence-corrected chi connectivity index (χ1v) is 6.82. The molecule has 21 heavy (non-hydrogen) atoms. The lowest BCUT2D eigenvalue weighted by Gasteiger charge is -2.08. The van der Waals surface area contributed by atoms with Crippen molar-refractivity contribution < 1.29 is 15.2 Å². The molecule has 6 heteroatoms. The number of carbonyl (C=O) groups is 1. The summed E-state index contributed by atoms with van der Waals surface area (Å²) in [4.78, 5) is 23.1. The SMILES string of the molecule is Cc1ccc(C(=O)/C(=C2/CCCCCN2)[N+](=O)[O-])cc1.O. The molecule has 0 bridgehead atoms. The number of allylic oxidation sites excluding steroid dienone is 2. The number of ketones is 1. The molecule has 0 aromatic heterocycles. The minimum absolute atomic E-state index is 0. The number of Topliss-reactive ketones (excluding diaryl/α,β-unsaturated/α-hetero) is 1. The molecule has 0 radical (unpaired) electrons. The van der Waals surface area contributed by atoms with Crippen molar-refractivity contribution in [3.63, 3.8) is 0 Å². The van der Waals surface area contributed by atoms with Crippen molar-refractivity contribution in [1.29, 1.82) is 0 Å². The van der Waals surface area contributed by atoms with Crippen molar-refractivity contribution >= 4 is 5.78 Å². The van der Waals surface area contributed by atoms with Gasteiger partial charge in [0.15, 0.2) is 0 Å². The summed E-state index contributed by atoms with van der Waals surface area (Å²) in [6.45, 7) is 2.60. The standard InChI is InChI=1S/C15H18N2O3.H2O/c1-11-6-8-12(9-7-11)15(18)14(17(19)20)13-5-3-2-4-10-16-13;/h6-9,16H,2-5,10H2,1H3;1H2/b14-13+;.